The van der Waals surface area contributed by atoms with Crippen LogP contribution in [0.25, 0.3) is 0 Å². The van der Waals surface area contributed by atoms with E-state index in [4.69, 9.17) is 9.47 Å². The van der Waals surface area contributed by atoms with Gasteiger partial charge in [0.15, 0.2) is 17.3 Å². The van der Waals surface area contributed by atoms with Gasteiger partial charge in [0.25, 0.3) is 0 Å². The van der Waals surface area contributed by atoms with Crippen LogP contribution in [-0.4, -0.2) is 37.7 Å². The van der Waals surface area contributed by atoms with Gasteiger partial charge in [-0.15, -0.1) is 0 Å². The summed E-state index contributed by atoms with van der Waals surface area (Å²) in [6.45, 7) is 8.48. The lowest BCUT2D eigenvalue weighted by molar-refractivity contribution is 0.164. The molecule has 3 rings (SSSR count). The van der Waals surface area contributed by atoms with Crippen molar-refractivity contribution < 1.29 is 13.9 Å². The van der Waals surface area contributed by atoms with Crippen LogP contribution in [0.15, 0.2) is 12.1 Å². The standard InChI is InChI=1S/C14H18FNO2.C2H6/c15-12-9-11(3-1-4-16-5-2-6-16)10-13-14(12)18-8-7-17-13;1-2/h9-10H,1-8H2;1-2H3. The van der Waals surface area contributed by atoms with Crippen LogP contribution in [0.1, 0.15) is 32.3 Å². The molecule has 0 atom stereocenters. The lowest BCUT2D eigenvalue weighted by Gasteiger charge is -2.30. The van der Waals surface area contributed by atoms with Gasteiger partial charge in [-0.25, -0.2) is 4.39 Å². The highest BCUT2D eigenvalue weighted by Gasteiger charge is 2.18. The van der Waals surface area contributed by atoms with Crippen LogP contribution in [0.2, 0.25) is 0 Å². The van der Waals surface area contributed by atoms with Gasteiger partial charge in [-0.3, -0.25) is 0 Å². The highest BCUT2D eigenvalue weighted by atomic mass is 19.1. The zero-order valence-electron chi connectivity index (χ0n) is 12.5. The smallest absolute Gasteiger partial charge is 0.197 e. The van der Waals surface area contributed by atoms with Crippen LogP contribution >= 0.6 is 0 Å². The molecule has 0 spiro atoms. The summed E-state index contributed by atoms with van der Waals surface area (Å²) in [5.41, 5.74) is 0.997. The second-order valence-electron chi connectivity index (χ2n) is 4.90. The van der Waals surface area contributed by atoms with Crippen molar-refractivity contribution in [3.63, 3.8) is 0 Å². The van der Waals surface area contributed by atoms with Crippen LogP contribution in [0, 0.1) is 5.82 Å². The SMILES string of the molecule is CC.Fc1cc(CCCN2CCC2)cc2c1OCCO2. The van der Waals surface area contributed by atoms with Crippen molar-refractivity contribution in [1.82, 2.24) is 4.90 Å². The van der Waals surface area contributed by atoms with Crippen molar-refractivity contribution in [2.75, 3.05) is 32.8 Å². The van der Waals surface area contributed by atoms with Crippen molar-refractivity contribution in [1.29, 1.82) is 0 Å². The van der Waals surface area contributed by atoms with E-state index in [9.17, 15) is 4.39 Å². The van der Waals surface area contributed by atoms with Gasteiger partial charge in [-0.05, 0) is 56.6 Å². The zero-order valence-corrected chi connectivity index (χ0v) is 12.5. The van der Waals surface area contributed by atoms with Crippen molar-refractivity contribution in [2.24, 2.45) is 0 Å². The summed E-state index contributed by atoms with van der Waals surface area (Å²) in [5.74, 6) is 0.527. The Balaban J connectivity index is 0.000000704. The first-order chi connectivity index (χ1) is 9.83. The third kappa shape index (κ3) is 3.63. The molecular weight excluding hydrogens is 257 g/mol. The van der Waals surface area contributed by atoms with Crippen molar-refractivity contribution >= 4 is 0 Å². The zero-order chi connectivity index (χ0) is 14.4. The summed E-state index contributed by atoms with van der Waals surface area (Å²) >= 11 is 0. The fourth-order valence-electron chi connectivity index (χ4n) is 2.42. The maximum absolute atomic E-state index is 13.8. The van der Waals surface area contributed by atoms with Gasteiger partial charge < -0.3 is 14.4 Å². The van der Waals surface area contributed by atoms with E-state index in [1.54, 1.807) is 6.07 Å². The first-order valence-electron chi connectivity index (χ1n) is 7.63. The molecule has 0 N–H and O–H groups in total. The molecule has 0 amide bonds. The van der Waals surface area contributed by atoms with Gasteiger partial charge in [-0.2, -0.15) is 0 Å². The Morgan fingerprint density at radius 1 is 1.15 bits per heavy atom. The lowest BCUT2D eigenvalue weighted by atomic mass is 10.1. The predicted octanol–water partition coefficient (Wildman–Crippen LogP) is 3.26. The highest BCUT2D eigenvalue weighted by molar-refractivity contribution is 5.45. The fraction of sp³-hybridized carbons (Fsp3) is 0.625. The Hall–Kier alpha value is -1.29. The number of hydrogen-bond donors (Lipinski definition) is 0. The number of ether oxygens (including phenoxy) is 2. The molecule has 0 saturated carbocycles. The Morgan fingerprint density at radius 3 is 2.60 bits per heavy atom. The largest absolute Gasteiger partial charge is 0.486 e. The first-order valence-corrected chi connectivity index (χ1v) is 7.63. The van der Waals surface area contributed by atoms with Crippen LogP contribution < -0.4 is 9.47 Å². The van der Waals surface area contributed by atoms with Gasteiger partial charge in [0.2, 0.25) is 0 Å². The average Bonchev–Trinajstić information content (AvgIpc) is 2.44. The van der Waals surface area contributed by atoms with E-state index in [1.165, 1.54) is 19.5 Å². The van der Waals surface area contributed by atoms with Gasteiger partial charge in [0.05, 0.1) is 0 Å². The van der Waals surface area contributed by atoms with E-state index >= 15 is 0 Å². The quantitative estimate of drug-likeness (QED) is 0.845. The summed E-state index contributed by atoms with van der Waals surface area (Å²) in [7, 11) is 0. The van der Waals surface area contributed by atoms with Crippen LogP contribution in [0.3, 0.4) is 0 Å². The normalized spacial score (nSPS) is 16.9. The first kappa shape index (κ1) is 15.1. The maximum atomic E-state index is 13.8. The maximum Gasteiger partial charge on any atom is 0.197 e. The summed E-state index contributed by atoms with van der Waals surface area (Å²) < 4.78 is 24.5. The molecule has 0 unspecified atom stereocenters. The number of aryl methyl sites for hydroxylation is 1. The van der Waals surface area contributed by atoms with E-state index < -0.39 is 0 Å². The van der Waals surface area contributed by atoms with Crippen LogP contribution in [-0.2, 0) is 6.42 Å². The van der Waals surface area contributed by atoms with Crippen LogP contribution in [0.5, 0.6) is 11.5 Å². The molecule has 1 aromatic rings. The van der Waals surface area contributed by atoms with E-state index in [0.29, 0.717) is 19.0 Å². The molecule has 0 aliphatic carbocycles. The molecule has 3 nitrogen and oxygen atoms in total. The Morgan fingerprint density at radius 2 is 1.90 bits per heavy atom. The molecule has 2 aliphatic rings. The van der Waals surface area contributed by atoms with Crippen LogP contribution in [0.4, 0.5) is 4.39 Å². The Labute approximate surface area is 120 Å². The number of halogens is 1. The molecule has 1 aromatic carbocycles. The molecule has 0 aromatic heterocycles. The molecule has 1 fully saturated rings. The summed E-state index contributed by atoms with van der Waals surface area (Å²) in [4.78, 5) is 2.42. The van der Waals surface area contributed by atoms with Gasteiger partial charge in [0.1, 0.15) is 13.2 Å². The second kappa shape index (κ2) is 7.48. The number of rotatable bonds is 4. The van der Waals surface area contributed by atoms with Crippen molar-refractivity contribution in [3.8, 4) is 11.5 Å². The van der Waals surface area contributed by atoms with Crippen molar-refractivity contribution in [3.05, 3.63) is 23.5 Å². The molecule has 0 radical (unpaired) electrons. The molecule has 2 aliphatic heterocycles. The molecule has 0 bridgehead atoms. The minimum atomic E-state index is -0.300. The molecule has 20 heavy (non-hydrogen) atoms. The minimum Gasteiger partial charge on any atom is -0.486 e. The fourth-order valence-corrected chi connectivity index (χ4v) is 2.42. The van der Waals surface area contributed by atoms with E-state index in [1.807, 2.05) is 19.9 Å². The molecular formula is C16H24FNO2. The van der Waals surface area contributed by atoms with Crippen molar-refractivity contribution in [2.45, 2.75) is 33.1 Å². The number of benzene rings is 1. The number of fused-ring (bicyclic) bond motifs is 1. The second-order valence-corrected chi connectivity index (χ2v) is 4.90. The molecule has 2 heterocycles. The monoisotopic (exact) mass is 281 g/mol. The summed E-state index contributed by atoms with van der Waals surface area (Å²) in [6.07, 6.45) is 3.28. The highest BCUT2D eigenvalue weighted by Crippen LogP contribution is 2.34. The minimum absolute atomic E-state index is 0.271. The van der Waals surface area contributed by atoms with E-state index in [0.717, 1.165) is 24.9 Å². The van der Waals surface area contributed by atoms with Gasteiger partial charge in [0, 0.05) is 0 Å². The molecule has 4 heteroatoms. The third-order valence-electron chi connectivity index (χ3n) is 3.55. The Bertz CT molecular complexity index is 433. The Kier molecular flexibility index (Phi) is 5.65. The topological polar surface area (TPSA) is 21.7 Å². The molecule has 1 saturated heterocycles. The predicted molar refractivity (Wildman–Crippen MR) is 78.1 cm³/mol. The van der Waals surface area contributed by atoms with Gasteiger partial charge >= 0.3 is 0 Å². The molecule has 112 valence electrons. The van der Waals surface area contributed by atoms with E-state index in [2.05, 4.69) is 4.90 Å². The third-order valence-corrected chi connectivity index (χ3v) is 3.55. The summed E-state index contributed by atoms with van der Waals surface area (Å²) in [5, 5.41) is 0. The number of likely N-dealkylation sites (tertiary alicyclic amines) is 1. The average molecular weight is 281 g/mol. The lowest BCUT2D eigenvalue weighted by Crippen LogP contribution is -2.37. The number of hydrogen-bond acceptors (Lipinski definition) is 3. The van der Waals surface area contributed by atoms with E-state index in [-0.39, 0.29) is 11.6 Å². The summed E-state index contributed by atoms with van der Waals surface area (Å²) in [6, 6.07) is 3.48. The number of nitrogens with zero attached hydrogens (tertiary/aromatic N) is 1. The van der Waals surface area contributed by atoms with Gasteiger partial charge in [-0.1, -0.05) is 13.8 Å².